The van der Waals surface area contributed by atoms with Crippen molar-refractivity contribution in [2.75, 3.05) is 34.2 Å². The minimum absolute atomic E-state index is 0.211. The van der Waals surface area contributed by atoms with Crippen molar-refractivity contribution in [3.8, 4) is 0 Å². The van der Waals surface area contributed by atoms with Gasteiger partial charge in [-0.3, -0.25) is 0 Å². The summed E-state index contributed by atoms with van der Waals surface area (Å²) in [7, 11) is 5.44. The molecule has 2 N–H and O–H groups in total. The molecule has 0 aliphatic carbocycles. The minimum atomic E-state index is -1.06. The first-order valence-corrected chi connectivity index (χ1v) is 5.38. The molecule has 0 aromatic heterocycles. The van der Waals surface area contributed by atoms with E-state index in [1.807, 2.05) is 19.0 Å². The number of urea groups is 1. The molecule has 0 radical (unpaired) electrons. The van der Waals surface area contributed by atoms with Gasteiger partial charge < -0.3 is 20.2 Å². The highest BCUT2D eigenvalue weighted by atomic mass is 16.4. The highest BCUT2D eigenvalue weighted by Gasteiger charge is 2.20. The lowest BCUT2D eigenvalue weighted by molar-refractivity contribution is -0.139. The Kier molecular flexibility index (Phi) is 6.97. The summed E-state index contributed by atoms with van der Waals surface area (Å²) in [5, 5.41) is 11.3. The van der Waals surface area contributed by atoms with Crippen LogP contribution in [-0.4, -0.2) is 67.2 Å². The van der Waals surface area contributed by atoms with E-state index in [4.69, 9.17) is 5.11 Å². The third-order valence-corrected chi connectivity index (χ3v) is 2.23. The number of likely N-dealkylation sites (N-methyl/N-ethyl adjacent to an activating group) is 2. The Labute approximate surface area is 102 Å². The zero-order chi connectivity index (χ0) is 13.4. The Balaban J connectivity index is 4.20. The molecule has 0 spiro atoms. The Morgan fingerprint density at radius 3 is 2.35 bits per heavy atom. The van der Waals surface area contributed by atoms with E-state index in [2.05, 4.69) is 11.9 Å². The fourth-order valence-corrected chi connectivity index (χ4v) is 1.10. The molecule has 0 saturated carbocycles. The van der Waals surface area contributed by atoms with E-state index in [0.717, 1.165) is 6.54 Å². The van der Waals surface area contributed by atoms with E-state index < -0.39 is 12.0 Å². The van der Waals surface area contributed by atoms with Gasteiger partial charge in [0.15, 0.2) is 0 Å². The Morgan fingerprint density at radius 1 is 1.35 bits per heavy atom. The first-order chi connectivity index (χ1) is 7.88. The normalized spacial score (nSPS) is 12.0. The molecule has 0 saturated heterocycles. The van der Waals surface area contributed by atoms with Gasteiger partial charge in [-0.15, -0.1) is 6.58 Å². The van der Waals surface area contributed by atoms with Gasteiger partial charge >= 0.3 is 12.0 Å². The van der Waals surface area contributed by atoms with Gasteiger partial charge in [0, 0.05) is 20.1 Å². The Hall–Kier alpha value is -1.56. The summed E-state index contributed by atoms with van der Waals surface area (Å²) in [5.41, 5.74) is 0. The average Bonchev–Trinajstić information content (AvgIpc) is 2.24. The van der Waals surface area contributed by atoms with E-state index in [0.29, 0.717) is 6.54 Å². The molecule has 0 fully saturated rings. The van der Waals surface area contributed by atoms with Crippen LogP contribution in [0.1, 0.15) is 6.42 Å². The zero-order valence-corrected chi connectivity index (χ0v) is 10.6. The van der Waals surface area contributed by atoms with Gasteiger partial charge in [0.1, 0.15) is 6.04 Å². The summed E-state index contributed by atoms with van der Waals surface area (Å²) in [6, 6.07) is -1.30. The molecular formula is C11H21N3O3. The maximum Gasteiger partial charge on any atom is 0.326 e. The molecule has 1 atom stereocenters. The molecule has 0 aromatic carbocycles. The van der Waals surface area contributed by atoms with Crippen molar-refractivity contribution in [2.24, 2.45) is 0 Å². The van der Waals surface area contributed by atoms with Gasteiger partial charge in [0.25, 0.3) is 0 Å². The van der Waals surface area contributed by atoms with Crippen LogP contribution in [0.5, 0.6) is 0 Å². The number of carboxylic acid groups (broad SMARTS) is 1. The van der Waals surface area contributed by atoms with Crippen molar-refractivity contribution >= 4 is 12.0 Å². The van der Waals surface area contributed by atoms with Gasteiger partial charge in [-0.05, 0) is 20.5 Å². The topological polar surface area (TPSA) is 72.9 Å². The average molecular weight is 243 g/mol. The lowest BCUT2D eigenvalue weighted by Crippen LogP contribution is -2.47. The van der Waals surface area contributed by atoms with E-state index in [1.54, 1.807) is 7.05 Å². The molecule has 6 nitrogen and oxygen atoms in total. The Bertz CT molecular complexity index is 279. The number of hydrogen-bond donors (Lipinski definition) is 2. The zero-order valence-electron chi connectivity index (χ0n) is 10.6. The lowest BCUT2D eigenvalue weighted by atomic mass is 10.2. The lowest BCUT2D eigenvalue weighted by Gasteiger charge is -2.22. The third-order valence-electron chi connectivity index (χ3n) is 2.23. The number of amides is 2. The second kappa shape index (κ2) is 7.67. The number of carboxylic acids is 1. The molecular weight excluding hydrogens is 222 g/mol. The van der Waals surface area contributed by atoms with Crippen LogP contribution < -0.4 is 5.32 Å². The molecule has 0 aliphatic rings. The molecule has 98 valence electrons. The molecule has 0 rings (SSSR count). The van der Waals surface area contributed by atoms with E-state index in [9.17, 15) is 9.59 Å². The van der Waals surface area contributed by atoms with Crippen molar-refractivity contribution in [3.63, 3.8) is 0 Å². The summed E-state index contributed by atoms with van der Waals surface area (Å²) < 4.78 is 0. The van der Waals surface area contributed by atoms with E-state index in [-0.39, 0.29) is 12.5 Å². The molecule has 17 heavy (non-hydrogen) atoms. The maximum atomic E-state index is 11.6. The van der Waals surface area contributed by atoms with Crippen molar-refractivity contribution in [3.05, 3.63) is 12.7 Å². The van der Waals surface area contributed by atoms with Crippen LogP contribution in [0, 0.1) is 0 Å². The van der Waals surface area contributed by atoms with Gasteiger partial charge in [-0.25, -0.2) is 9.59 Å². The second-order valence-electron chi connectivity index (χ2n) is 4.09. The number of hydrogen-bond acceptors (Lipinski definition) is 3. The van der Waals surface area contributed by atoms with Gasteiger partial charge in [0.05, 0.1) is 0 Å². The summed E-state index contributed by atoms with van der Waals surface area (Å²) in [6.07, 6.45) is 1.68. The van der Waals surface area contributed by atoms with Crippen LogP contribution in [-0.2, 0) is 4.79 Å². The first-order valence-electron chi connectivity index (χ1n) is 5.38. The number of nitrogens with zero attached hydrogens (tertiary/aromatic N) is 2. The van der Waals surface area contributed by atoms with Crippen LogP contribution in [0.3, 0.4) is 0 Å². The highest BCUT2D eigenvalue weighted by molar-refractivity contribution is 5.82. The number of nitrogens with one attached hydrogen (secondary N) is 1. The quantitative estimate of drug-likeness (QED) is 0.627. The monoisotopic (exact) mass is 243 g/mol. The van der Waals surface area contributed by atoms with E-state index >= 15 is 0 Å². The number of carbonyl (C=O) groups is 2. The first kappa shape index (κ1) is 15.4. The highest BCUT2D eigenvalue weighted by Crippen LogP contribution is 1.95. The largest absolute Gasteiger partial charge is 0.480 e. The van der Waals surface area contributed by atoms with Crippen LogP contribution >= 0.6 is 0 Å². The van der Waals surface area contributed by atoms with Crippen molar-refractivity contribution in [2.45, 2.75) is 12.5 Å². The summed E-state index contributed by atoms with van der Waals surface area (Å²) in [6.45, 7) is 4.73. The predicted octanol–water partition coefficient (Wildman–Crippen LogP) is 0.219. The molecule has 6 heteroatoms. The molecule has 0 bridgehead atoms. The standard InChI is InChI=1S/C11H21N3O3/c1-5-6-9(10(15)16)12-11(17)14(4)8-7-13(2)3/h5,9H,1,6-8H2,2-4H3,(H,12,17)(H,15,16). The van der Waals surface area contributed by atoms with Crippen LogP contribution in [0.15, 0.2) is 12.7 Å². The van der Waals surface area contributed by atoms with E-state index in [1.165, 1.54) is 11.0 Å². The summed E-state index contributed by atoms with van der Waals surface area (Å²) in [4.78, 5) is 25.9. The fourth-order valence-electron chi connectivity index (χ4n) is 1.10. The number of aliphatic carboxylic acids is 1. The van der Waals surface area contributed by atoms with Crippen molar-refractivity contribution in [1.29, 1.82) is 0 Å². The molecule has 2 amide bonds. The Morgan fingerprint density at radius 2 is 1.94 bits per heavy atom. The van der Waals surface area contributed by atoms with Crippen molar-refractivity contribution in [1.82, 2.24) is 15.1 Å². The van der Waals surface area contributed by atoms with Crippen LogP contribution in [0.2, 0.25) is 0 Å². The minimum Gasteiger partial charge on any atom is -0.480 e. The number of rotatable bonds is 7. The van der Waals surface area contributed by atoms with Gasteiger partial charge in [0.2, 0.25) is 0 Å². The molecule has 0 aromatic rings. The fraction of sp³-hybridized carbons (Fsp3) is 0.636. The SMILES string of the molecule is C=CCC(NC(=O)N(C)CCN(C)C)C(=O)O. The predicted molar refractivity (Wildman–Crippen MR) is 66.0 cm³/mol. The smallest absolute Gasteiger partial charge is 0.326 e. The maximum absolute atomic E-state index is 11.6. The van der Waals surface area contributed by atoms with Gasteiger partial charge in [-0.1, -0.05) is 6.08 Å². The number of carbonyl (C=O) groups excluding carboxylic acids is 1. The van der Waals surface area contributed by atoms with Crippen LogP contribution in [0.4, 0.5) is 4.79 Å². The second-order valence-corrected chi connectivity index (χ2v) is 4.09. The molecule has 1 unspecified atom stereocenters. The summed E-state index contributed by atoms with van der Waals surface area (Å²) >= 11 is 0. The van der Waals surface area contributed by atoms with Crippen LogP contribution in [0.25, 0.3) is 0 Å². The van der Waals surface area contributed by atoms with Crippen molar-refractivity contribution < 1.29 is 14.7 Å². The molecule has 0 heterocycles. The third kappa shape index (κ3) is 6.57. The summed E-state index contributed by atoms with van der Waals surface area (Å²) in [5.74, 6) is -1.06. The molecule has 0 aliphatic heterocycles. The van der Waals surface area contributed by atoms with Gasteiger partial charge in [-0.2, -0.15) is 0 Å².